The minimum absolute atomic E-state index is 0.0649. The van der Waals surface area contributed by atoms with E-state index in [2.05, 4.69) is 0 Å². The first-order valence-electron chi connectivity index (χ1n) is 7.61. The number of Topliss-reactive ketones (excluding diaryl/α,β-unsaturated/α-hetero) is 1. The molecule has 0 aliphatic carbocycles. The van der Waals surface area contributed by atoms with Gasteiger partial charge in [-0.25, -0.2) is 0 Å². The topological polar surface area (TPSA) is 66.8 Å². The van der Waals surface area contributed by atoms with Crippen LogP contribution in [0, 0.1) is 0 Å². The Kier molecular flexibility index (Phi) is 4.51. The number of benzene rings is 2. The second kappa shape index (κ2) is 6.61. The summed E-state index contributed by atoms with van der Waals surface area (Å²) in [6.45, 7) is 1.33. The van der Waals surface area contributed by atoms with Gasteiger partial charge in [-0.3, -0.25) is 14.5 Å². The number of aliphatic hydroxyl groups is 1. The van der Waals surface area contributed by atoms with E-state index in [1.54, 1.807) is 48.5 Å². The van der Waals surface area contributed by atoms with Gasteiger partial charge in [-0.2, -0.15) is 0 Å². The lowest BCUT2D eigenvalue weighted by atomic mass is 9.96. The number of hydrogen-bond acceptors (Lipinski definition) is 4. The summed E-state index contributed by atoms with van der Waals surface area (Å²) in [5, 5.41) is 10.8. The van der Waals surface area contributed by atoms with Crippen LogP contribution in [0.15, 0.2) is 59.9 Å². The zero-order valence-corrected chi connectivity index (χ0v) is 14.4. The number of hydrogen-bond donors (Lipinski definition) is 1. The van der Waals surface area contributed by atoms with Gasteiger partial charge in [0.2, 0.25) is 0 Å². The Bertz CT molecular complexity index is 873. The van der Waals surface area contributed by atoms with Crippen molar-refractivity contribution < 1.29 is 19.4 Å². The zero-order valence-electron chi connectivity index (χ0n) is 13.7. The lowest BCUT2D eigenvalue weighted by molar-refractivity contribution is -0.117. The number of rotatable bonds is 4. The summed E-state index contributed by atoms with van der Waals surface area (Å²) in [5.41, 5.74) is 1.26. The van der Waals surface area contributed by atoms with Crippen LogP contribution in [0.1, 0.15) is 18.5 Å². The van der Waals surface area contributed by atoms with Gasteiger partial charge in [0.1, 0.15) is 5.75 Å². The highest BCUT2D eigenvalue weighted by molar-refractivity contribution is 6.30. The van der Waals surface area contributed by atoms with Crippen LogP contribution >= 0.6 is 11.6 Å². The van der Waals surface area contributed by atoms with Gasteiger partial charge >= 0.3 is 0 Å². The van der Waals surface area contributed by atoms with Crippen LogP contribution in [0.2, 0.25) is 5.02 Å². The molecule has 0 radical (unpaired) electrons. The number of carbonyl (C=O) groups excluding carboxylic acids is 2. The zero-order chi connectivity index (χ0) is 18.1. The normalized spacial score (nSPS) is 17.2. The summed E-state index contributed by atoms with van der Waals surface area (Å²) in [6, 6.07) is 13.0. The molecular formula is C19H16ClNO4. The maximum absolute atomic E-state index is 12.7. The smallest absolute Gasteiger partial charge is 0.294 e. The molecule has 1 aliphatic heterocycles. The van der Waals surface area contributed by atoms with E-state index in [4.69, 9.17) is 16.3 Å². The van der Waals surface area contributed by atoms with Crippen molar-refractivity contribution in [3.05, 3.63) is 70.4 Å². The van der Waals surface area contributed by atoms with Gasteiger partial charge in [0.05, 0.1) is 18.7 Å². The number of ether oxygens (including phenoxy) is 1. The minimum atomic E-state index is -0.727. The highest BCUT2D eigenvalue weighted by atomic mass is 35.5. The highest BCUT2D eigenvalue weighted by Crippen LogP contribution is 2.41. The Balaban J connectivity index is 2.17. The van der Waals surface area contributed by atoms with Gasteiger partial charge in [0.25, 0.3) is 5.91 Å². The molecule has 0 bridgehead atoms. The number of nitrogens with zero attached hydrogens (tertiary/aromatic N) is 1. The average molecular weight is 358 g/mol. The third-order valence-corrected chi connectivity index (χ3v) is 4.36. The van der Waals surface area contributed by atoms with Crippen molar-refractivity contribution >= 4 is 29.0 Å². The fraction of sp³-hybridized carbons (Fsp3) is 0.158. The van der Waals surface area contributed by atoms with Crippen molar-refractivity contribution in [1.82, 2.24) is 0 Å². The van der Waals surface area contributed by atoms with E-state index in [1.165, 1.54) is 18.9 Å². The Labute approximate surface area is 150 Å². The van der Waals surface area contributed by atoms with Gasteiger partial charge < -0.3 is 9.84 Å². The molecule has 2 aromatic rings. The molecule has 1 heterocycles. The van der Waals surface area contributed by atoms with E-state index < -0.39 is 17.7 Å². The molecule has 0 aromatic heterocycles. The molecule has 0 spiro atoms. The maximum atomic E-state index is 12.7. The quantitative estimate of drug-likeness (QED) is 0.902. The first-order valence-corrected chi connectivity index (χ1v) is 7.99. The molecule has 0 saturated heterocycles. The van der Waals surface area contributed by atoms with Gasteiger partial charge in [-0.05, 0) is 36.8 Å². The summed E-state index contributed by atoms with van der Waals surface area (Å²) in [7, 11) is 1.53. The molecule has 1 aliphatic rings. The molecular weight excluding hydrogens is 342 g/mol. The van der Waals surface area contributed by atoms with Crippen molar-refractivity contribution in [2.75, 3.05) is 12.0 Å². The number of halogens is 1. The molecule has 6 heteroatoms. The summed E-state index contributed by atoms with van der Waals surface area (Å²) < 4.78 is 5.21. The number of anilines is 1. The van der Waals surface area contributed by atoms with Crippen molar-refractivity contribution in [3.8, 4) is 5.75 Å². The fourth-order valence-corrected chi connectivity index (χ4v) is 3.08. The Morgan fingerprint density at radius 3 is 2.48 bits per heavy atom. The summed E-state index contributed by atoms with van der Waals surface area (Å²) in [4.78, 5) is 26.2. The second-order valence-corrected chi connectivity index (χ2v) is 6.09. The predicted molar refractivity (Wildman–Crippen MR) is 95.0 cm³/mol. The van der Waals surface area contributed by atoms with Crippen molar-refractivity contribution in [1.29, 1.82) is 0 Å². The number of ketones is 1. The number of amides is 1. The number of carbonyl (C=O) groups is 2. The average Bonchev–Trinajstić information content (AvgIpc) is 2.87. The van der Waals surface area contributed by atoms with Crippen LogP contribution in [0.5, 0.6) is 5.75 Å². The lowest BCUT2D eigenvalue weighted by Crippen LogP contribution is -2.30. The van der Waals surface area contributed by atoms with E-state index >= 15 is 0 Å². The van der Waals surface area contributed by atoms with Crippen LogP contribution in [0.3, 0.4) is 0 Å². The molecule has 0 fully saturated rings. The molecule has 128 valence electrons. The van der Waals surface area contributed by atoms with E-state index in [9.17, 15) is 14.7 Å². The summed E-state index contributed by atoms with van der Waals surface area (Å²) in [6.07, 6.45) is 0. The lowest BCUT2D eigenvalue weighted by Gasteiger charge is -2.27. The summed E-state index contributed by atoms with van der Waals surface area (Å²) >= 11 is 5.94. The largest absolute Gasteiger partial charge is 0.503 e. The fourth-order valence-electron chi connectivity index (χ4n) is 2.95. The van der Waals surface area contributed by atoms with Crippen LogP contribution in [-0.2, 0) is 9.59 Å². The van der Waals surface area contributed by atoms with Gasteiger partial charge in [-0.15, -0.1) is 0 Å². The first-order chi connectivity index (χ1) is 11.9. The highest BCUT2D eigenvalue weighted by Gasteiger charge is 2.43. The molecule has 25 heavy (non-hydrogen) atoms. The van der Waals surface area contributed by atoms with Gasteiger partial charge in [0.15, 0.2) is 11.5 Å². The molecule has 1 amide bonds. The van der Waals surface area contributed by atoms with E-state index in [-0.39, 0.29) is 11.4 Å². The molecule has 0 unspecified atom stereocenters. The molecule has 3 rings (SSSR count). The maximum Gasteiger partial charge on any atom is 0.294 e. The molecule has 5 nitrogen and oxygen atoms in total. The molecule has 1 N–H and O–H groups in total. The van der Waals surface area contributed by atoms with Gasteiger partial charge in [-0.1, -0.05) is 29.8 Å². The minimum Gasteiger partial charge on any atom is -0.503 e. The Hall–Kier alpha value is -2.79. The standard InChI is InChI=1S/C19H16ClNO4/c1-11(22)16-17(12-6-8-13(20)9-7-12)21(19(24)18(16)23)14-4-3-5-15(10-14)25-2/h3-10,17,23H,1-2H3/t17-/m0/s1. The third kappa shape index (κ3) is 2.98. The number of aliphatic hydroxyl groups excluding tert-OH is 1. The van der Waals surface area contributed by atoms with Gasteiger partial charge in [0, 0.05) is 16.8 Å². The van der Waals surface area contributed by atoms with Crippen molar-refractivity contribution in [2.24, 2.45) is 0 Å². The first kappa shape index (κ1) is 17.0. The van der Waals surface area contributed by atoms with E-state index in [0.29, 0.717) is 22.0 Å². The second-order valence-electron chi connectivity index (χ2n) is 5.65. The number of methoxy groups -OCH3 is 1. The monoisotopic (exact) mass is 357 g/mol. The van der Waals surface area contributed by atoms with Crippen molar-refractivity contribution in [2.45, 2.75) is 13.0 Å². The molecule has 0 saturated carbocycles. The Morgan fingerprint density at radius 2 is 1.88 bits per heavy atom. The van der Waals surface area contributed by atoms with Crippen LogP contribution in [-0.4, -0.2) is 23.9 Å². The SMILES string of the molecule is COc1cccc(N2C(=O)C(O)=C(C(C)=O)[C@@H]2c2ccc(Cl)cc2)c1. The third-order valence-electron chi connectivity index (χ3n) is 4.10. The van der Waals surface area contributed by atoms with E-state index in [0.717, 1.165) is 0 Å². The van der Waals surface area contributed by atoms with E-state index in [1.807, 2.05) is 0 Å². The molecule has 2 aromatic carbocycles. The Morgan fingerprint density at radius 1 is 1.20 bits per heavy atom. The van der Waals surface area contributed by atoms with Crippen molar-refractivity contribution in [3.63, 3.8) is 0 Å². The predicted octanol–water partition coefficient (Wildman–Crippen LogP) is 3.84. The van der Waals surface area contributed by atoms with Crippen LogP contribution in [0.4, 0.5) is 5.69 Å². The molecule has 1 atom stereocenters. The summed E-state index contributed by atoms with van der Waals surface area (Å²) in [5.74, 6) is -0.958. The van der Waals surface area contributed by atoms with Crippen LogP contribution < -0.4 is 9.64 Å². The van der Waals surface area contributed by atoms with Crippen LogP contribution in [0.25, 0.3) is 0 Å².